The third-order valence-electron chi connectivity index (χ3n) is 3.84. The van der Waals surface area contributed by atoms with E-state index >= 15 is 0 Å². The molecule has 3 nitrogen and oxygen atoms in total. The Morgan fingerprint density at radius 2 is 2.20 bits per heavy atom. The zero-order chi connectivity index (χ0) is 10.5. The van der Waals surface area contributed by atoms with Crippen molar-refractivity contribution in [3.05, 3.63) is 0 Å². The van der Waals surface area contributed by atoms with Crippen LogP contribution in [-0.4, -0.2) is 49.7 Å². The Labute approximate surface area is 93.6 Å². The summed E-state index contributed by atoms with van der Waals surface area (Å²) < 4.78 is 0. The van der Waals surface area contributed by atoms with E-state index in [1.807, 2.05) is 0 Å². The van der Waals surface area contributed by atoms with Crippen molar-refractivity contribution in [3.63, 3.8) is 0 Å². The molecule has 88 valence electrons. The van der Waals surface area contributed by atoms with Crippen molar-refractivity contribution < 1.29 is 0 Å². The molecule has 2 fully saturated rings. The molecule has 0 radical (unpaired) electrons. The van der Waals surface area contributed by atoms with E-state index < -0.39 is 0 Å². The molecule has 0 saturated carbocycles. The zero-order valence-electron chi connectivity index (χ0n) is 9.97. The quantitative estimate of drug-likeness (QED) is 0.705. The highest BCUT2D eigenvalue weighted by molar-refractivity contribution is 4.82. The van der Waals surface area contributed by atoms with Crippen molar-refractivity contribution in [2.75, 3.05) is 32.7 Å². The molecule has 3 heteroatoms. The summed E-state index contributed by atoms with van der Waals surface area (Å²) in [7, 11) is 0. The van der Waals surface area contributed by atoms with Crippen LogP contribution in [-0.2, 0) is 0 Å². The van der Waals surface area contributed by atoms with Crippen molar-refractivity contribution in [2.45, 2.75) is 44.7 Å². The van der Waals surface area contributed by atoms with Gasteiger partial charge in [0, 0.05) is 25.2 Å². The number of hydrogen-bond donors (Lipinski definition) is 2. The SMILES string of the molecule is CCN1CCCC1CNCC1CCCN1. The van der Waals surface area contributed by atoms with E-state index in [-0.39, 0.29) is 0 Å². The molecule has 2 saturated heterocycles. The van der Waals surface area contributed by atoms with Gasteiger partial charge in [0.05, 0.1) is 0 Å². The molecule has 0 aromatic heterocycles. The van der Waals surface area contributed by atoms with E-state index in [0.29, 0.717) is 0 Å². The van der Waals surface area contributed by atoms with E-state index in [1.165, 1.54) is 51.9 Å². The lowest BCUT2D eigenvalue weighted by Crippen LogP contribution is -2.42. The van der Waals surface area contributed by atoms with Crippen molar-refractivity contribution in [1.29, 1.82) is 0 Å². The molecule has 2 heterocycles. The molecule has 0 aliphatic carbocycles. The maximum Gasteiger partial charge on any atom is 0.0221 e. The molecule has 2 atom stereocenters. The Morgan fingerprint density at radius 3 is 2.93 bits per heavy atom. The molecule has 0 aromatic carbocycles. The highest BCUT2D eigenvalue weighted by Gasteiger charge is 2.22. The van der Waals surface area contributed by atoms with Gasteiger partial charge in [-0.3, -0.25) is 4.90 Å². The third kappa shape index (κ3) is 3.16. The summed E-state index contributed by atoms with van der Waals surface area (Å²) in [6.45, 7) is 8.37. The monoisotopic (exact) mass is 211 g/mol. The predicted molar refractivity (Wildman–Crippen MR) is 64.2 cm³/mol. The van der Waals surface area contributed by atoms with Crippen LogP contribution in [0.1, 0.15) is 32.6 Å². The van der Waals surface area contributed by atoms with Gasteiger partial charge in [-0.25, -0.2) is 0 Å². The molecule has 2 aliphatic heterocycles. The number of likely N-dealkylation sites (tertiary alicyclic amines) is 1. The fourth-order valence-electron chi connectivity index (χ4n) is 2.90. The van der Waals surface area contributed by atoms with E-state index in [2.05, 4.69) is 22.5 Å². The van der Waals surface area contributed by atoms with Crippen LogP contribution in [0.3, 0.4) is 0 Å². The van der Waals surface area contributed by atoms with Crippen molar-refractivity contribution >= 4 is 0 Å². The van der Waals surface area contributed by atoms with Crippen LogP contribution in [0.25, 0.3) is 0 Å². The first-order valence-corrected chi connectivity index (χ1v) is 6.58. The second kappa shape index (κ2) is 5.83. The van der Waals surface area contributed by atoms with Crippen LogP contribution < -0.4 is 10.6 Å². The number of rotatable bonds is 5. The lowest BCUT2D eigenvalue weighted by molar-refractivity contribution is 0.258. The van der Waals surface area contributed by atoms with Gasteiger partial charge in [0.1, 0.15) is 0 Å². The van der Waals surface area contributed by atoms with E-state index in [1.54, 1.807) is 0 Å². The Hall–Kier alpha value is -0.120. The van der Waals surface area contributed by atoms with E-state index in [9.17, 15) is 0 Å². The molecule has 0 spiro atoms. The zero-order valence-corrected chi connectivity index (χ0v) is 9.97. The van der Waals surface area contributed by atoms with Gasteiger partial charge >= 0.3 is 0 Å². The Balaban J connectivity index is 1.60. The van der Waals surface area contributed by atoms with Gasteiger partial charge in [0.15, 0.2) is 0 Å². The molecule has 15 heavy (non-hydrogen) atoms. The van der Waals surface area contributed by atoms with Gasteiger partial charge in [-0.05, 0) is 45.3 Å². The van der Waals surface area contributed by atoms with Crippen LogP contribution in [0.4, 0.5) is 0 Å². The molecule has 2 rings (SSSR count). The minimum atomic E-state index is 0.737. The second-order valence-corrected chi connectivity index (χ2v) is 4.88. The summed E-state index contributed by atoms with van der Waals surface area (Å²) in [6, 6.07) is 1.54. The maximum atomic E-state index is 3.63. The van der Waals surface area contributed by atoms with Gasteiger partial charge < -0.3 is 10.6 Å². The highest BCUT2D eigenvalue weighted by atomic mass is 15.2. The first kappa shape index (κ1) is 11.4. The van der Waals surface area contributed by atoms with Crippen molar-refractivity contribution in [3.8, 4) is 0 Å². The number of nitrogens with one attached hydrogen (secondary N) is 2. The Bertz CT molecular complexity index is 178. The highest BCUT2D eigenvalue weighted by Crippen LogP contribution is 2.15. The van der Waals surface area contributed by atoms with Gasteiger partial charge in [-0.1, -0.05) is 6.92 Å². The van der Waals surface area contributed by atoms with Crippen molar-refractivity contribution in [2.24, 2.45) is 0 Å². The van der Waals surface area contributed by atoms with Gasteiger partial charge in [-0.2, -0.15) is 0 Å². The van der Waals surface area contributed by atoms with Crippen LogP contribution in [0.15, 0.2) is 0 Å². The molecular formula is C12H25N3. The smallest absolute Gasteiger partial charge is 0.0221 e. The first-order valence-electron chi connectivity index (χ1n) is 6.58. The molecule has 0 bridgehead atoms. The summed E-state index contributed by atoms with van der Waals surface area (Å²) in [5.74, 6) is 0. The standard InChI is InChI=1S/C12H25N3/c1-2-15-8-4-6-12(15)10-13-9-11-5-3-7-14-11/h11-14H,2-10H2,1H3. The fraction of sp³-hybridized carbons (Fsp3) is 1.00. The summed E-state index contributed by atoms with van der Waals surface area (Å²) in [6.07, 6.45) is 5.49. The average Bonchev–Trinajstić information content (AvgIpc) is 2.88. The predicted octanol–water partition coefficient (Wildman–Crippen LogP) is 0.812. The average molecular weight is 211 g/mol. The number of likely N-dealkylation sites (N-methyl/N-ethyl adjacent to an activating group) is 1. The lowest BCUT2D eigenvalue weighted by Gasteiger charge is -2.23. The Morgan fingerprint density at radius 1 is 1.27 bits per heavy atom. The second-order valence-electron chi connectivity index (χ2n) is 4.88. The molecule has 2 unspecified atom stereocenters. The maximum absolute atomic E-state index is 3.63. The fourth-order valence-corrected chi connectivity index (χ4v) is 2.90. The van der Waals surface area contributed by atoms with Crippen molar-refractivity contribution in [1.82, 2.24) is 15.5 Å². The lowest BCUT2D eigenvalue weighted by atomic mass is 10.2. The molecular weight excluding hydrogens is 186 g/mol. The normalized spacial score (nSPS) is 32.6. The van der Waals surface area contributed by atoms with E-state index in [0.717, 1.165) is 18.6 Å². The van der Waals surface area contributed by atoms with Crippen LogP contribution >= 0.6 is 0 Å². The summed E-state index contributed by atoms with van der Waals surface area (Å²) >= 11 is 0. The molecule has 0 aromatic rings. The summed E-state index contributed by atoms with van der Waals surface area (Å²) in [5, 5.41) is 7.16. The molecule has 0 amide bonds. The number of nitrogens with zero attached hydrogens (tertiary/aromatic N) is 1. The molecule has 2 N–H and O–H groups in total. The minimum absolute atomic E-state index is 0.737. The third-order valence-corrected chi connectivity index (χ3v) is 3.84. The van der Waals surface area contributed by atoms with E-state index in [4.69, 9.17) is 0 Å². The largest absolute Gasteiger partial charge is 0.314 e. The summed E-state index contributed by atoms with van der Waals surface area (Å²) in [4.78, 5) is 2.61. The minimum Gasteiger partial charge on any atom is -0.314 e. The van der Waals surface area contributed by atoms with Crippen LogP contribution in [0.2, 0.25) is 0 Å². The van der Waals surface area contributed by atoms with Gasteiger partial charge in [0.25, 0.3) is 0 Å². The van der Waals surface area contributed by atoms with Gasteiger partial charge in [-0.15, -0.1) is 0 Å². The van der Waals surface area contributed by atoms with Crippen LogP contribution in [0.5, 0.6) is 0 Å². The van der Waals surface area contributed by atoms with Crippen LogP contribution in [0, 0.1) is 0 Å². The first-order chi connectivity index (χ1) is 7.40. The summed E-state index contributed by atoms with van der Waals surface area (Å²) in [5.41, 5.74) is 0. The topological polar surface area (TPSA) is 27.3 Å². The number of hydrogen-bond acceptors (Lipinski definition) is 3. The Kier molecular flexibility index (Phi) is 4.42. The van der Waals surface area contributed by atoms with Gasteiger partial charge in [0.2, 0.25) is 0 Å². The molecule has 2 aliphatic rings.